The smallest absolute Gasteiger partial charge is 0.303 e. The summed E-state index contributed by atoms with van der Waals surface area (Å²) in [4.78, 5) is 38.7. The van der Waals surface area contributed by atoms with E-state index < -0.39 is 47.6 Å². The third-order valence-corrected chi connectivity index (χ3v) is 5.58. The normalized spacial score (nSPS) is 22.7. The van der Waals surface area contributed by atoms with E-state index in [1.54, 1.807) is 30.2 Å². The molecule has 0 spiro atoms. The minimum absolute atomic E-state index is 0.169. The SMILES string of the molecule is CC(=O)O[C@@H]1[C@@H](OC(C)=O)[C@H](OC(C)=O)CS[C@H]1Oc1ccc(-c2cnn(C)c2)nc1F. The standard InChI is InChI=1S/C20H22FN3O7S/c1-10(25)28-16-9-32-20(18(30-12(3)27)17(16)29-11(2)26)31-15-6-5-14(23-19(15)21)13-7-22-24(4)8-13/h5-8,16-18,20H,9H2,1-4H3/t16-,17+,18-,20-/m1/s1. The lowest BCUT2D eigenvalue weighted by atomic mass is 10.1. The summed E-state index contributed by atoms with van der Waals surface area (Å²) in [5.41, 5.74) is 0.0426. The van der Waals surface area contributed by atoms with Gasteiger partial charge in [-0.05, 0) is 12.1 Å². The molecule has 1 saturated heterocycles. The highest BCUT2D eigenvalue weighted by atomic mass is 32.2. The summed E-state index contributed by atoms with van der Waals surface area (Å²) in [5.74, 6) is -2.81. The van der Waals surface area contributed by atoms with Gasteiger partial charge >= 0.3 is 17.9 Å². The number of ether oxygens (including phenoxy) is 4. The monoisotopic (exact) mass is 467 g/mol. The number of carbonyl (C=O) groups excluding carboxylic acids is 3. The molecule has 1 aliphatic rings. The summed E-state index contributed by atoms with van der Waals surface area (Å²) >= 11 is 1.13. The first-order valence-electron chi connectivity index (χ1n) is 9.59. The van der Waals surface area contributed by atoms with Gasteiger partial charge in [0, 0.05) is 45.3 Å². The molecular formula is C20H22FN3O7S. The van der Waals surface area contributed by atoms with Gasteiger partial charge in [0.25, 0.3) is 5.95 Å². The summed E-state index contributed by atoms with van der Waals surface area (Å²) in [6.07, 6.45) is 0.0830. The van der Waals surface area contributed by atoms with E-state index in [-0.39, 0.29) is 11.5 Å². The Kier molecular flexibility index (Phi) is 7.33. The Labute approximate surface area is 187 Å². The van der Waals surface area contributed by atoms with Crippen molar-refractivity contribution in [1.82, 2.24) is 14.8 Å². The number of esters is 3. The van der Waals surface area contributed by atoms with Crippen molar-refractivity contribution in [3.63, 3.8) is 0 Å². The van der Waals surface area contributed by atoms with Gasteiger partial charge in [0.1, 0.15) is 0 Å². The van der Waals surface area contributed by atoms with E-state index in [1.165, 1.54) is 26.8 Å². The zero-order chi connectivity index (χ0) is 23.4. The number of halogens is 1. The first-order valence-corrected chi connectivity index (χ1v) is 10.6. The number of pyridine rings is 1. The molecule has 1 fully saturated rings. The first kappa shape index (κ1) is 23.5. The lowest BCUT2D eigenvalue weighted by Gasteiger charge is -2.39. The van der Waals surface area contributed by atoms with Crippen LogP contribution in [0.25, 0.3) is 11.3 Å². The maximum Gasteiger partial charge on any atom is 0.303 e. The second kappa shape index (κ2) is 9.98. The molecule has 1 aliphatic heterocycles. The number of hydrogen-bond donors (Lipinski definition) is 0. The molecule has 0 unspecified atom stereocenters. The lowest BCUT2D eigenvalue weighted by molar-refractivity contribution is -0.186. The molecule has 4 atom stereocenters. The fourth-order valence-electron chi connectivity index (χ4n) is 3.16. The van der Waals surface area contributed by atoms with Crippen LogP contribution in [0.1, 0.15) is 20.8 Å². The fourth-order valence-corrected chi connectivity index (χ4v) is 4.37. The van der Waals surface area contributed by atoms with Gasteiger partial charge in [0.15, 0.2) is 29.5 Å². The number of carbonyl (C=O) groups is 3. The third-order valence-electron chi connectivity index (χ3n) is 4.36. The Bertz CT molecular complexity index is 1010. The summed E-state index contributed by atoms with van der Waals surface area (Å²) < 4.78 is 37.9. The number of rotatable bonds is 6. The average molecular weight is 467 g/mol. The van der Waals surface area contributed by atoms with Crippen LogP contribution in [0.15, 0.2) is 24.5 Å². The van der Waals surface area contributed by atoms with Gasteiger partial charge in [-0.25, -0.2) is 4.98 Å². The molecule has 3 rings (SSSR count). The topological polar surface area (TPSA) is 119 Å². The van der Waals surface area contributed by atoms with Crippen LogP contribution in [0.2, 0.25) is 0 Å². The Balaban J connectivity index is 1.85. The summed E-state index contributed by atoms with van der Waals surface area (Å²) in [5, 5.41) is 4.03. The van der Waals surface area contributed by atoms with Crippen molar-refractivity contribution in [1.29, 1.82) is 0 Å². The predicted molar refractivity (Wildman–Crippen MR) is 110 cm³/mol. The molecule has 12 heteroatoms. The summed E-state index contributed by atoms with van der Waals surface area (Å²) in [6.45, 7) is 3.56. The Morgan fingerprint density at radius 1 is 1.06 bits per heavy atom. The zero-order valence-electron chi connectivity index (χ0n) is 17.8. The number of aryl methyl sites for hydroxylation is 1. The highest BCUT2D eigenvalue weighted by Crippen LogP contribution is 2.35. The second-order valence-electron chi connectivity index (χ2n) is 7.00. The first-order chi connectivity index (χ1) is 15.1. The van der Waals surface area contributed by atoms with Crippen LogP contribution in [0, 0.1) is 5.95 Å². The van der Waals surface area contributed by atoms with Crippen LogP contribution in [0.4, 0.5) is 4.39 Å². The molecule has 2 aromatic rings. The second-order valence-corrected chi connectivity index (χ2v) is 8.13. The molecule has 172 valence electrons. The van der Waals surface area contributed by atoms with Crippen LogP contribution < -0.4 is 4.74 Å². The number of aromatic nitrogens is 3. The van der Waals surface area contributed by atoms with E-state index in [0.29, 0.717) is 11.3 Å². The minimum atomic E-state index is -1.16. The molecule has 10 nitrogen and oxygen atoms in total. The van der Waals surface area contributed by atoms with E-state index in [4.69, 9.17) is 18.9 Å². The fraction of sp³-hybridized carbons (Fsp3) is 0.450. The van der Waals surface area contributed by atoms with Gasteiger partial charge in [-0.3, -0.25) is 19.1 Å². The molecule has 0 N–H and O–H groups in total. The number of thioether (sulfide) groups is 1. The quantitative estimate of drug-likeness (QED) is 0.354. The Morgan fingerprint density at radius 2 is 1.72 bits per heavy atom. The van der Waals surface area contributed by atoms with Gasteiger partial charge < -0.3 is 18.9 Å². The van der Waals surface area contributed by atoms with Crippen LogP contribution in [0.5, 0.6) is 5.75 Å². The maximum atomic E-state index is 14.7. The molecule has 0 bridgehead atoms. The van der Waals surface area contributed by atoms with Crippen LogP contribution >= 0.6 is 11.8 Å². The van der Waals surface area contributed by atoms with E-state index in [1.807, 2.05) is 0 Å². The molecule has 3 heterocycles. The summed E-state index contributed by atoms with van der Waals surface area (Å²) in [7, 11) is 1.73. The van der Waals surface area contributed by atoms with Crippen molar-refractivity contribution in [2.75, 3.05) is 5.75 Å². The lowest BCUT2D eigenvalue weighted by Crippen LogP contribution is -2.55. The minimum Gasteiger partial charge on any atom is -0.471 e. The molecule has 2 aromatic heterocycles. The average Bonchev–Trinajstić information content (AvgIpc) is 3.13. The van der Waals surface area contributed by atoms with Crippen molar-refractivity contribution >= 4 is 29.7 Å². The molecule has 0 aliphatic carbocycles. The van der Waals surface area contributed by atoms with Crippen molar-refractivity contribution in [3.8, 4) is 17.0 Å². The van der Waals surface area contributed by atoms with E-state index in [2.05, 4.69) is 10.1 Å². The number of hydrogen-bond acceptors (Lipinski definition) is 10. The van der Waals surface area contributed by atoms with Gasteiger partial charge in [0.05, 0.1) is 11.9 Å². The summed E-state index contributed by atoms with van der Waals surface area (Å²) in [6, 6.07) is 2.96. The highest BCUT2D eigenvalue weighted by molar-refractivity contribution is 7.99. The Hall–Kier alpha value is -3.15. The van der Waals surface area contributed by atoms with E-state index in [0.717, 1.165) is 11.8 Å². The van der Waals surface area contributed by atoms with Crippen LogP contribution in [-0.4, -0.2) is 62.2 Å². The molecule has 0 amide bonds. The molecule has 0 aromatic carbocycles. The van der Waals surface area contributed by atoms with Crippen molar-refractivity contribution in [2.24, 2.45) is 7.05 Å². The molecule has 32 heavy (non-hydrogen) atoms. The van der Waals surface area contributed by atoms with Crippen molar-refractivity contribution in [2.45, 2.75) is 44.5 Å². The predicted octanol–water partition coefficient (Wildman–Crippen LogP) is 1.87. The molecular weight excluding hydrogens is 445 g/mol. The third kappa shape index (κ3) is 5.75. The molecule has 0 radical (unpaired) electrons. The zero-order valence-corrected chi connectivity index (χ0v) is 18.6. The highest BCUT2D eigenvalue weighted by Gasteiger charge is 2.48. The van der Waals surface area contributed by atoms with Crippen molar-refractivity contribution < 1.29 is 37.7 Å². The maximum absolute atomic E-state index is 14.7. The van der Waals surface area contributed by atoms with Gasteiger partial charge in [-0.15, -0.1) is 11.8 Å². The number of nitrogens with zero attached hydrogens (tertiary/aromatic N) is 3. The van der Waals surface area contributed by atoms with Gasteiger partial charge in [-0.2, -0.15) is 9.49 Å². The van der Waals surface area contributed by atoms with Crippen molar-refractivity contribution in [3.05, 3.63) is 30.5 Å². The van der Waals surface area contributed by atoms with Crippen LogP contribution in [-0.2, 0) is 35.6 Å². The molecule has 0 saturated carbocycles. The van der Waals surface area contributed by atoms with Gasteiger partial charge in [-0.1, -0.05) is 0 Å². The van der Waals surface area contributed by atoms with Gasteiger partial charge in [0.2, 0.25) is 0 Å². The van der Waals surface area contributed by atoms with Crippen LogP contribution in [0.3, 0.4) is 0 Å². The van der Waals surface area contributed by atoms with E-state index >= 15 is 0 Å². The Morgan fingerprint density at radius 3 is 2.28 bits per heavy atom. The largest absolute Gasteiger partial charge is 0.471 e. The van der Waals surface area contributed by atoms with E-state index in [9.17, 15) is 18.8 Å².